The molecule has 1 N–H and O–H groups in total. The number of tetrazole rings is 1. The van der Waals surface area contributed by atoms with Crippen LogP contribution in [-0.2, 0) is 22.8 Å². The first kappa shape index (κ1) is 22.5. The normalized spacial score (nSPS) is 14.1. The van der Waals surface area contributed by atoms with Crippen LogP contribution in [0.2, 0.25) is 0 Å². The highest BCUT2D eigenvalue weighted by Gasteiger charge is 2.57. The number of rotatable bonds is 9. The van der Waals surface area contributed by atoms with Gasteiger partial charge in [-0.05, 0) is 41.1 Å². The van der Waals surface area contributed by atoms with Crippen molar-refractivity contribution in [3.05, 3.63) is 77.4 Å². The van der Waals surface area contributed by atoms with Gasteiger partial charge in [-0.3, -0.25) is 4.98 Å². The van der Waals surface area contributed by atoms with Gasteiger partial charge >= 0.3 is 5.92 Å². The van der Waals surface area contributed by atoms with Crippen molar-refractivity contribution >= 4 is 6.08 Å². The Balaban J connectivity index is 2.00. The Morgan fingerprint density at radius 3 is 2.61 bits per heavy atom. The lowest BCUT2D eigenvalue weighted by Crippen LogP contribution is -2.48. The Labute approximate surface area is 175 Å². The van der Waals surface area contributed by atoms with Crippen molar-refractivity contribution in [1.29, 1.82) is 0 Å². The van der Waals surface area contributed by atoms with Gasteiger partial charge in [-0.2, -0.15) is 8.78 Å². The molecule has 164 valence electrons. The monoisotopic (exact) mass is 437 g/mol. The molecule has 0 aliphatic rings. The Hall–Kier alpha value is -3.18. The van der Waals surface area contributed by atoms with Crippen molar-refractivity contribution in [3.8, 4) is 0 Å². The third-order valence-electron chi connectivity index (χ3n) is 4.51. The molecule has 3 aromatic rings. The average Bonchev–Trinajstić information content (AvgIpc) is 3.24. The smallest absolute Gasteiger partial charge is 0.323 e. The van der Waals surface area contributed by atoms with E-state index in [0.29, 0.717) is 24.8 Å². The van der Waals surface area contributed by atoms with Gasteiger partial charge in [0, 0.05) is 24.4 Å². The summed E-state index contributed by atoms with van der Waals surface area (Å²) in [5.41, 5.74) is -4.28. The number of aliphatic hydroxyl groups is 1. The van der Waals surface area contributed by atoms with E-state index in [9.17, 15) is 13.9 Å². The van der Waals surface area contributed by atoms with Crippen molar-refractivity contribution in [2.75, 3.05) is 13.2 Å². The summed E-state index contributed by atoms with van der Waals surface area (Å²) >= 11 is 0. The zero-order valence-electron chi connectivity index (χ0n) is 16.4. The SMILES string of the molecule is CCOCC=Cc1ccc(C(F)(F)C(O)(Cn2cnnn2)c2ccc(F)cc2F)nc1. The molecule has 0 fully saturated rings. The van der Waals surface area contributed by atoms with E-state index in [2.05, 4.69) is 20.5 Å². The van der Waals surface area contributed by atoms with E-state index in [4.69, 9.17) is 4.74 Å². The van der Waals surface area contributed by atoms with Gasteiger partial charge in [0.15, 0.2) is 5.60 Å². The summed E-state index contributed by atoms with van der Waals surface area (Å²) < 4.78 is 64.9. The molecule has 0 aliphatic heterocycles. The van der Waals surface area contributed by atoms with E-state index in [0.717, 1.165) is 29.2 Å². The van der Waals surface area contributed by atoms with Crippen LogP contribution >= 0.6 is 0 Å². The summed E-state index contributed by atoms with van der Waals surface area (Å²) in [6, 6.07) is 4.34. The van der Waals surface area contributed by atoms with E-state index < -0.39 is 41.0 Å². The first-order valence-corrected chi connectivity index (χ1v) is 9.25. The van der Waals surface area contributed by atoms with Crippen molar-refractivity contribution in [3.63, 3.8) is 0 Å². The van der Waals surface area contributed by atoms with Crippen LogP contribution in [0.5, 0.6) is 0 Å². The molecule has 0 spiro atoms. The standard InChI is InChI=1S/C20H19F4N5O2/c1-2-31-9-3-4-14-5-8-18(25-11-14)20(23,24)19(30,12-29-13-26-27-28-29)16-7-6-15(21)10-17(16)22/h3-8,10-11,13,30H,2,9,12H2,1H3. The minimum absolute atomic E-state index is 0.351. The molecule has 7 nitrogen and oxygen atoms in total. The lowest BCUT2D eigenvalue weighted by molar-refractivity contribution is -0.207. The number of hydrogen-bond acceptors (Lipinski definition) is 6. The fraction of sp³-hybridized carbons (Fsp3) is 0.300. The fourth-order valence-electron chi connectivity index (χ4n) is 2.94. The van der Waals surface area contributed by atoms with E-state index in [1.165, 1.54) is 12.3 Å². The third kappa shape index (κ3) is 4.78. The molecule has 0 radical (unpaired) electrons. The predicted octanol–water partition coefficient (Wildman–Crippen LogP) is 3.08. The van der Waals surface area contributed by atoms with Gasteiger partial charge in [0.05, 0.1) is 13.2 Å². The number of ether oxygens (including phenoxy) is 1. The van der Waals surface area contributed by atoms with Crippen LogP contribution in [0, 0.1) is 11.6 Å². The largest absolute Gasteiger partial charge is 0.378 e. The van der Waals surface area contributed by atoms with Crippen LogP contribution in [0.15, 0.2) is 48.9 Å². The summed E-state index contributed by atoms with van der Waals surface area (Å²) in [6.45, 7) is 1.82. The van der Waals surface area contributed by atoms with E-state index in [-0.39, 0.29) is 0 Å². The summed E-state index contributed by atoms with van der Waals surface area (Å²) in [6.07, 6.45) is 5.50. The highest BCUT2D eigenvalue weighted by Crippen LogP contribution is 2.46. The number of nitrogens with zero attached hydrogens (tertiary/aromatic N) is 5. The second kappa shape index (κ2) is 9.31. The molecule has 1 atom stereocenters. The highest BCUT2D eigenvalue weighted by molar-refractivity contribution is 5.48. The van der Waals surface area contributed by atoms with Gasteiger partial charge < -0.3 is 9.84 Å². The van der Waals surface area contributed by atoms with Gasteiger partial charge in [0.1, 0.15) is 23.7 Å². The van der Waals surface area contributed by atoms with E-state index in [1.807, 2.05) is 6.92 Å². The Kier molecular flexibility index (Phi) is 6.76. The Morgan fingerprint density at radius 1 is 1.19 bits per heavy atom. The number of halogens is 4. The first-order valence-electron chi connectivity index (χ1n) is 9.25. The number of benzene rings is 1. The molecule has 3 rings (SSSR count). The molecule has 0 bridgehead atoms. The number of alkyl halides is 2. The first-order chi connectivity index (χ1) is 14.8. The van der Waals surface area contributed by atoms with Gasteiger partial charge in [-0.1, -0.05) is 18.2 Å². The second-order valence-corrected chi connectivity index (χ2v) is 6.60. The molecule has 1 unspecified atom stereocenters. The fourth-order valence-corrected chi connectivity index (χ4v) is 2.94. The maximum atomic E-state index is 15.6. The molecule has 2 heterocycles. The zero-order chi connectivity index (χ0) is 22.5. The van der Waals surface area contributed by atoms with Crippen LogP contribution in [0.1, 0.15) is 23.7 Å². The molecular formula is C20H19F4N5O2. The molecule has 0 saturated carbocycles. The molecule has 11 heteroatoms. The predicted molar refractivity (Wildman–Crippen MR) is 102 cm³/mol. The molecule has 0 saturated heterocycles. The molecule has 2 aromatic heterocycles. The summed E-state index contributed by atoms with van der Waals surface area (Å²) in [7, 11) is 0. The summed E-state index contributed by atoms with van der Waals surface area (Å²) in [5, 5.41) is 21.2. The van der Waals surface area contributed by atoms with E-state index in [1.54, 1.807) is 12.2 Å². The third-order valence-corrected chi connectivity index (χ3v) is 4.51. The maximum Gasteiger partial charge on any atom is 0.323 e. The van der Waals surface area contributed by atoms with Gasteiger partial charge in [-0.25, -0.2) is 13.5 Å². The van der Waals surface area contributed by atoms with Crippen molar-refractivity contribution in [1.82, 2.24) is 25.2 Å². The van der Waals surface area contributed by atoms with Crippen LogP contribution in [0.3, 0.4) is 0 Å². The number of aromatic nitrogens is 5. The van der Waals surface area contributed by atoms with Crippen LogP contribution in [-0.4, -0.2) is 43.5 Å². The van der Waals surface area contributed by atoms with E-state index >= 15 is 8.78 Å². The average molecular weight is 437 g/mol. The van der Waals surface area contributed by atoms with Crippen molar-refractivity contribution in [2.45, 2.75) is 25.0 Å². The quantitative estimate of drug-likeness (QED) is 0.409. The zero-order valence-corrected chi connectivity index (χ0v) is 16.4. The minimum atomic E-state index is -4.09. The molecule has 0 amide bonds. The minimum Gasteiger partial charge on any atom is -0.378 e. The van der Waals surface area contributed by atoms with Crippen LogP contribution < -0.4 is 0 Å². The number of hydrogen-bond donors (Lipinski definition) is 1. The molecule has 1 aromatic carbocycles. The molecule has 31 heavy (non-hydrogen) atoms. The van der Waals surface area contributed by atoms with Gasteiger partial charge in [0.25, 0.3) is 0 Å². The van der Waals surface area contributed by atoms with Gasteiger partial charge in [0.2, 0.25) is 0 Å². The second-order valence-electron chi connectivity index (χ2n) is 6.60. The summed E-state index contributed by atoms with van der Waals surface area (Å²) in [4.78, 5) is 3.76. The lowest BCUT2D eigenvalue weighted by atomic mass is 9.84. The van der Waals surface area contributed by atoms with Gasteiger partial charge in [-0.15, -0.1) is 5.10 Å². The summed E-state index contributed by atoms with van der Waals surface area (Å²) in [5.74, 6) is -6.41. The Bertz CT molecular complexity index is 1030. The molecule has 0 aliphatic carbocycles. The van der Waals surface area contributed by atoms with Crippen molar-refractivity contribution < 1.29 is 27.4 Å². The highest BCUT2D eigenvalue weighted by atomic mass is 19.3. The van der Waals surface area contributed by atoms with Crippen LogP contribution in [0.4, 0.5) is 17.6 Å². The molecular weight excluding hydrogens is 418 g/mol. The Morgan fingerprint density at radius 2 is 2.00 bits per heavy atom. The number of pyridine rings is 1. The lowest BCUT2D eigenvalue weighted by Gasteiger charge is -2.35. The van der Waals surface area contributed by atoms with Crippen molar-refractivity contribution in [2.24, 2.45) is 0 Å². The van der Waals surface area contributed by atoms with Crippen LogP contribution in [0.25, 0.3) is 6.08 Å². The maximum absolute atomic E-state index is 15.6. The topological polar surface area (TPSA) is 86.0 Å².